The minimum absolute atomic E-state index is 0.0952. The molecule has 4 nitrogen and oxygen atoms in total. The maximum Gasteiger partial charge on any atom is 0.297 e. The van der Waals surface area contributed by atoms with E-state index >= 15 is 0 Å². The van der Waals surface area contributed by atoms with Gasteiger partial charge < -0.3 is 19.1 Å². The molecular weight excluding hydrogens is 741 g/mol. The van der Waals surface area contributed by atoms with E-state index in [0.29, 0.717) is 5.92 Å². The molecule has 8 aromatic carbocycles. The second-order valence-corrected chi connectivity index (χ2v) is 16.7. The zero-order chi connectivity index (χ0) is 40.3. The summed E-state index contributed by atoms with van der Waals surface area (Å²) in [6, 6.07) is 73.0. The third kappa shape index (κ3) is 5.98. The summed E-state index contributed by atoms with van der Waals surface area (Å²) in [5.74, 6) is 0.491. The van der Waals surface area contributed by atoms with Crippen LogP contribution in [0, 0.1) is 0 Å². The normalized spacial score (nSPS) is 14.4. The van der Waals surface area contributed by atoms with Crippen LogP contribution in [0.25, 0.3) is 22.1 Å². The van der Waals surface area contributed by atoms with E-state index in [9.17, 15) is 0 Å². The third-order valence-electron chi connectivity index (χ3n) is 13.2. The molecule has 9 aromatic rings. The molecule has 0 amide bonds. The van der Waals surface area contributed by atoms with Gasteiger partial charge in [-0.15, -0.1) is 0 Å². The second kappa shape index (κ2) is 14.8. The predicted octanol–water partition coefficient (Wildman–Crippen LogP) is 13.7. The molecule has 5 heteroatoms. The van der Waals surface area contributed by atoms with Gasteiger partial charge in [-0.1, -0.05) is 135 Å². The summed E-state index contributed by atoms with van der Waals surface area (Å²) < 4.78 is 7.13. The zero-order valence-electron chi connectivity index (χ0n) is 34.0. The maximum atomic E-state index is 7.13. The van der Waals surface area contributed by atoms with E-state index in [1.165, 1.54) is 76.8 Å². The van der Waals surface area contributed by atoms with Gasteiger partial charge in [0.1, 0.15) is 5.58 Å². The number of hydrogen-bond donors (Lipinski definition) is 0. The third-order valence-corrected chi connectivity index (χ3v) is 13.2. The largest absolute Gasteiger partial charge is 0.468 e. The molecule has 0 saturated heterocycles. The Labute approximate surface area is 358 Å². The molecule has 3 heterocycles. The van der Waals surface area contributed by atoms with E-state index in [2.05, 4.69) is 215 Å². The molecule has 1 aromatic heterocycles. The van der Waals surface area contributed by atoms with Crippen LogP contribution in [0.5, 0.6) is 0 Å². The highest BCUT2D eigenvalue weighted by Gasteiger charge is 2.47. The van der Waals surface area contributed by atoms with E-state index in [-0.39, 0.29) is 6.71 Å². The summed E-state index contributed by atoms with van der Waals surface area (Å²) >= 11 is 0. The first-order valence-corrected chi connectivity index (χ1v) is 21.8. The topological polar surface area (TPSA) is 22.9 Å². The minimum Gasteiger partial charge on any atom is -0.468 e. The Bertz CT molecular complexity index is 3010. The molecule has 0 radical (unpaired) electrons. The summed E-state index contributed by atoms with van der Waals surface area (Å²) in [4.78, 5) is 7.43. The molecule has 0 N–H and O–H groups in total. The Hall–Kier alpha value is -7.24. The number of rotatable bonds is 7. The first-order chi connectivity index (χ1) is 30.3. The first kappa shape index (κ1) is 35.7. The molecule has 3 aliphatic rings. The van der Waals surface area contributed by atoms with Gasteiger partial charge in [0.25, 0.3) is 6.71 Å². The molecule has 12 rings (SSSR count). The summed E-state index contributed by atoms with van der Waals surface area (Å²) in [5, 5.41) is 1.13. The molecule has 0 bridgehead atoms. The van der Waals surface area contributed by atoms with Gasteiger partial charge in [-0.3, -0.25) is 0 Å². The fourth-order valence-electron chi connectivity index (χ4n) is 10.4. The van der Waals surface area contributed by atoms with Crippen molar-refractivity contribution in [2.75, 3.05) is 14.7 Å². The van der Waals surface area contributed by atoms with Crippen LogP contribution in [-0.2, 0) is 0 Å². The highest BCUT2D eigenvalue weighted by molar-refractivity contribution is 7.00. The zero-order valence-corrected chi connectivity index (χ0v) is 34.0. The average Bonchev–Trinajstić information content (AvgIpc) is 3.72. The van der Waals surface area contributed by atoms with Crippen molar-refractivity contribution < 1.29 is 4.42 Å². The fourth-order valence-corrected chi connectivity index (χ4v) is 10.4. The smallest absolute Gasteiger partial charge is 0.297 e. The molecule has 61 heavy (non-hydrogen) atoms. The number of para-hydroxylation sites is 4. The van der Waals surface area contributed by atoms with Crippen molar-refractivity contribution >= 4 is 85.5 Å². The summed E-state index contributed by atoms with van der Waals surface area (Å²) in [6.07, 6.45) is 6.26. The van der Waals surface area contributed by atoms with Crippen molar-refractivity contribution in [3.63, 3.8) is 0 Å². The lowest BCUT2D eigenvalue weighted by Crippen LogP contribution is -2.61. The Balaban J connectivity index is 1.13. The highest BCUT2D eigenvalue weighted by atomic mass is 16.3. The van der Waals surface area contributed by atoms with E-state index in [1.54, 1.807) is 0 Å². The van der Waals surface area contributed by atoms with Crippen LogP contribution in [0.1, 0.15) is 43.6 Å². The molecule has 1 aliphatic carbocycles. The quantitative estimate of drug-likeness (QED) is 0.150. The number of benzene rings is 8. The van der Waals surface area contributed by atoms with Crippen LogP contribution in [0.15, 0.2) is 205 Å². The number of nitrogens with zero attached hydrogens (tertiary/aromatic N) is 3. The van der Waals surface area contributed by atoms with E-state index in [1.807, 2.05) is 0 Å². The molecule has 0 atom stereocenters. The van der Waals surface area contributed by atoms with Gasteiger partial charge in [0.15, 0.2) is 0 Å². The molecule has 0 unspecified atom stereocenters. The van der Waals surface area contributed by atoms with E-state index in [4.69, 9.17) is 4.42 Å². The Morgan fingerprint density at radius 2 is 1.07 bits per heavy atom. The lowest BCUT2D eigenvalue weighted by Gasteiger charge is -2.43. The molecule has 1 saturated carbocycles. The lowest BCUT2D eigenvalue weighted by atomic mass is 9.35. The van der Waals surface area contributed by atoms with E-state index < -0.39 is 0 Å². The average molecular weight is 786 g/mol. The van der Waals surface area contributed by atoms with Gasteiger partial charge in [-0.2, -0.15) is 0 Å². The monoisotopic (exact) mass is 785 g/mol. The van der Waals surface area contributed by atoms with Crippen molar-refractivity contribution in [3.05, 3.63) is 206 Å². The summed E-state index contributed by atoms with van der Waals surface area (Å²) in [5.41, 5.74) is 18.6. The predicted molar refractivity (Wildman–Crippen MR) is 256 cm³/mol. The molecular formula is C56H44BN3O. The molecule has 0 spiro atoms. The Kier molecular flexibility index (Phi) is 8.65. The van der Waals surface area contributed by atoms with Crippen LogP contribution in [0.3, 0.4) is 0 Å². The van der Waals surface area contributed by atoms with Gasteiger partial charge in [-0.25, -0.2) is 0 Å². The second-order valence-electron chi connectivity index (χ2n) is 16.7. The van der Waals surface area contributed by atoms with Crippen LogP contribution in [0.2, 0.25) is 0 Å². The lowest BCUT2D eigenvalue weighted by molar-refractivity contribution is 0.444. The Morgan fingerprint density at radius 3 is 1.82 bits per heavy atom. The van der Waals surface area contributed by atoms with Gasteiger partial charge in [0.05, 0.1) is 11.3 Å². The van der Waals surface area contributed by atoms with Gasteiger partial charge in [0.2, 0.25) is 0 Å². The first-order valence-electron chi connectivity index (χ1n) is 21.8. The van der Waals surface area contributed by atoms with Gasteiger partial charge in [-0.05, 0) is 131 Å². The number of anilines is 9. The Morgan fingerprint density at radius 1 is 0.475 bits per heavy atom. The van der Waals surface area contributed by atoms with Crippen molar-refractivity contribution in [1.29, 1.82) is 0 Å². The van der Waals surface area contributed by atoms with Crippen LogP contribution >= 0.6 is 0 Å². The van der Waals surface area contributed by atoms with Gasteiger partial charge in [0, 0.05) is 50.9 Å². The van der Waals surface area contributed by atoms with Crippen molar-refractivity contribution in [2.24, 2.45) is 0 Å². The highest BCUT2D eigenvalue weighted by Crippen LogP contribution is 2.50. The summed E-state index contributed by atoms with van der Waals surface area (Å²) in [6.45, 7) is -0.0952. The molecule has 292 valence electrons. The summed E-state index contributed by atoms with van der Waals surface area (Å²) in [7, 11) is 0. The number of furan rings is 1. The van der Waals surface area contributed by atoms with Crippen LogP contribution in [0.4, 0.5) is 51.2 Å². The number of hydrogen-bond acceptors (Lipinski definition) is 4. The van der Waals surface area contributed by atoms with Crippen molar-refractivity contribution in [3.8, 4) is 11.1 Å². The minimum atomic E-state index is -0.0952. The van der Waals surface area contributed by atoms with Crippen molar-refractivity contribution in [1.82, 2.24) is 0 Å². The SMILES string of the molecule is c1ccc(-c2cccc(N3c4cc(C5CCCCC5)cc5c4B(c4ccccc4N5c4cccc(N(c5ccccc5)c5ccccc5)c4)c4oc5ccccc5c43)c2)cc1. The van der Waals surface area contributed by atoms with E-state index in [0.717, 1.165) is 50.8 Å². The fraction of sp³-hybridized carbons (Fsp3) is 0.107. The van der Waals surface area contributed by atoms with Crippen LogP contribution < -0.4 is 31.3 Å². The van der Waals surface area contributed by atoms with Crippen LogP contribution in [-0.4, -0.2) is 6.71 Å². The molecule has 2 aliphatic heterocycles. The number of fused-ring (bicyclic) bond motifs is 6. The maximum absolute atomic E-state index is 7.13. The standard InChI is InChI=1S/C56H44BN3O/c1-5-19-39(20-6-1)41-23-17-28-45(35-41)60-52-37-42(40-21-7-2-8-22-40)36-51-54(52)57(56-55(60)48-31-13-16-34-53(48)61-56)49-32-14-15-33-50(49)59(51)47-30-18-29-46(38-47)58(43-24-9-3-10-25-43)44-26-11-4-12-27-44/h1,3-6,9-20,23-38,40H,2,7-8,21-22H2. The van der Waals surface area contributed by atoms with Crippen molar-refractivity contribution in [2.45, 2.75) is 38.0 Å². The molecule has 1 fully saturated rings. The van der Waals surface area contributed by atoms with Gasteiger partial charge >= 0.3 is 0 Å².